The Morgan fingerprint density at radius 2 is 2.24 bits per heavy atom. The van der Waals surface area contributed by atoms with E-state index in [1.807, 2.05) is 13.2 Å². The summed E-state index contributed by atoms with van der Waals surface area (Å²) in [5, 5.41) is 0. The van der Waals surface area contributed by atoms with E-state index in [0.717, 1.165) is 5.75 Å². The Kier molecular flexibility index (Phi) is 5.23. The largest absolute Gasteiger partial charge is 0.366 e. The fourth-order valence-electron chi connectivity index (χ4n) is 1.28. The van der Waals surface area contributed by atoms with E-state index in [1.54, 1.807) is 11.8 Å². The molecule has 17 heavy (non-hydrogen) atoms. The molecule has 0 amide bonds. The molecule has 1 aromatic rings. The molecule has 0 fully saturated rings. The Labute approximate surface area is 105 Å². The third-order valence-electron chi connectivity index (χ3n) is 2.15. The number of nitrogens with one attached hydrogen (secondary N) is 2. The third-order valence-corrected chi connectivity index (χ3v) is 4.50. The second-order valence-corrected chi connectivity index (χ2v) is 6.43. The smallest absolute Gasteiger partial charge is 0.245 e. The number of rotatable bonds is 6. The second-order valence-electron chi connectivity index (χ2n) is 3.79. The highest BCUT2D eigenvalue weighted by molar-refractivity contribution is 7.98. The zero-order valence-electron chi connectivity index (χ0n) is 9.76. The van der Waals surface area contributed by atoms with Crippen LogP contribution in [0.25, 0.3) is 0 Å². The first-order valence-corrected chi connectivity index (χ1v) is 8.01. The molecule has 96 valence electrons. The van der Waals surface area contributed by atoms with E-state index in [-0.39, 0.29) is 10.8 Å². The molecule has 5 nitrogen and oxygen atoms in total. The lowest BCUT2D eigenvalue weighted by Gasteiger charge is -2.11. The average molecular weight is 276 g/mol. The number of aromatic amines is 1. The quantitative estimate of drug-likeness (QED) is 0.799. The molecule has 0 radical (unpaired) electrons. The Bertz CT molecular complexity index is 510. The van der Waals surface area contributed by atoms with Crippen LogP contribution in [-0.2, 0) is 10.0 Å². The summed E-state index contributed by atoms with van der Waals surface area (Å²) in [6.07, 6.45) is 4.56. The van der Waals surface area contributed by atoms with Crippen LogP contribution in [0.2, 0.25) is 0 Å². The van der Waals surface area contributed by atoms with Crippen LogP contribution in [0, 0.1) is 5.92 Å². The van der Waals surface area contributed by atoms with Crippen molar-refractivity contribution < 1.29 is 8.42 Å². The van der Waals surface area contributed by atoms with Gasteiger partial charge in [0.2, 0.25) is 15.5 Å². The van der Waals surface area contributed by atoms with E-state index in [9.17, 15) is 13.2 Å². The van der Waals surface area contributed by atoms with Gasteiger partial charge in [-0.3, -0.25) is 4.79 Å². The van der Waals surface area contributed by atoms with Gasteiger partial charge in [-0.05, 0) is 17.9 Å². The fraction of sp³-hybridized carbons (Fsp3) is 0.500. The molecule has 0 saturated heterocycles. The van der Waals surface area contributed by atoms with Gasteiger partial charge in [0.15, 0.2) is 0 Å². The molecule has 0 aromatic carbocycles. The summed E-state index contributed by atoms with van der Waals surface area (Å²) in [6.45, 7) is 2.28. The molecule has 0 aliphatic carbocycles. The van der Waals surface area contributed by atoms with Crippen molar-refractivity contribution in [3.63, 3.8) is 0 Å². The lowest BCUT2D eigenvalue weighted by Crippen LogP contribution is -2.32. The predicted molar refractivity (Wildman–Crippen MR) is 69.8 cm³/mol. The van der Waals surface area contributed by atoms with Gasteiger partial charge in [-0.2, -0.15) is 11.8 Å². The Morgan fingerprint density at radius 1 is 1.53 bits per heavy atom. The molecule has 1 aromatic heterocycles. The van der Waals surface area contributed by atoms with Gasteiger partial charge in [0.1, 0.15) is 4.90 Å². The van der Waals surface area contributed by atoms with E-state index in [4.69, 9.17) is 0 Å². The minimum Gasteiger partial charge on any atom is -0.366 e. The van der Waals surface area contributed by atoms with Crippen LogP contribution in [0.5, 0.6) is 0 Å². The van der Waals surface area contributed by atoms with Gasteiger partial charge in [-0.1, -0.05) is 6.92 Å². The van der Waals surface area contributed by atoms with Gasteiger partial charge in [0, 0.05) is 25.0 Å². The van der Waals surface area contributed by atoms with E-state index in [2.05, 4.69) is 9.71 Å². The van der Waals surface area contributed by atoms with Gasteiger partial charge in [0.25, 0.3) is 0 Å². The third kappa shape index (κ3) is 4.18. The Hall–Kier alpha value is -0.790. The van der Waals surface area contributed by atoms with Crippen molar-refractivity contribution in [1.29, 1.82) is 0 Å². The summed E-state index contributed by atoms with van der Waals surface area (Å²) in [6, 6.07) is 1.19. The molecule has 1 unspecified atom stereocenters. The van der Waals surface area contributed by atoms with E-state index < -0.39 is 15.5 Å². The maximum Gasteiger partial charge on any atom is 0.245 e. The van der Waals surface area contributed by atoms with Crippen LogP contribution >= 0.6 is 11.8 Å². The van der Waals surface area contributed by atoms with E-state index in [1.165, 1.54) is 18.5 Å². The first kappa shape index (κ1) is 14.3. The number of aromatic nitrogens is 1. The first-order chi connectivity index (χ1) is 7.97. The number of thioether (sulfide) groups is 1. The van der Waals surface area contributed by atoms with Crippen molar-refractivity contribution >= 4 is 21.8 Å². The lowest BCUT2D eigenvalue weighted by atomic mass is 10.2. The topological polar surface area (TPSA) is 79.0 Å². The Morgan fingerprint density at radius 3 is 2.82 bits per heavy atom. The van der Waals surface area contributed by atoms with Crippen molar-refractivity contribution in [3.05, 3.63) is 28.7 Å². The zero-order chi connectivity index (χ0) is 12.9. The van der Waals surface area contributed by atoms with Gasteiger partial charge in [-0.15, -0.1) is 0 Å². The predicted octanol–water partition coefficient (Wildman–Crippen LogP) is 0.652. The normalized spacial score (nSPS) is 13.5. The highest BCUT2D eigenvalue weighted by atomic mass is 32.2. The minimum absolute atomic E-state index is 0.225. The maximum atomic E-state index is 11.8. The number of hydrogen-bond donors (Lipinski definition) is 2. The monoisotopic (exact) mass is 276 g/mol. The van der Waals surface area contributed by atoms with Crippen molar-refractivity contribution in [2.75, 3.05) is 18.6 Å². The second kappa shape index (κ2) is 6.23. The van der Waals surface area contributed by atoms with Crippen LogP contribution in [0.4, 0.5) is 0 Å². The minimum atomic E-state index is -3.71. The maximum absolute atomic E-state index is 11.8. The summed E-state index contributed by atoms with van der Waals surface area (Å²) < 4.78 is 26.1. The van der Waals surface area contributed by atoms with Crippen molar-refractivity contribution in [1.82, 2.24) is 9.71 Å². The van der Waals surface area contributed by atoms with Crippen molar-refractivity contribution in [2.24, 2.45) is 5.92 Å². The summed E-state index contributed by atoms with van der Waals surface area (Å²) in [7, 11) is -3.71. The van der Waals surface area contributed by atoms with Crippen LogP contribution in [0.15, 0.2) is 28.2 Å². The Balaban J connectivity index is 2.77. The molecular weight excluding hydrogens is 260 g/mol. The highest BCUT2D eigenvalue weighted by Crippen LogP contribution is 2.05. The number of H-pyrrole nitrogens is 1. The summed E-state index contributed by atoms with van der Waals surface area (Å²) in [5.74, 6) is 1.09. The molecule has 1 atom stereocenters. The van der Waals surface area contributed by atoms with E-state index in [0.29, 0.717) is 6.54 Å². The summed E-state index contributed by atoms with van der Waals surface area (Å²) >= 11 is 1.66. The van der Waals surface area contributed by atoms with Crippen LogP contribution in [0.1, 0.15) is 6.92 Å². The van der Waals surface area contributed by atoms with Gasteiger partial charge in [0.05, 0.1) is 0 Å². The fourth-order valence-corrected chi connectivity index (χ4v) is 3.19. The number of sulfonamides is 1. The lowest BCUT2D eigenvalue weighted by molar-refractivity contribution is 0.561. The van der Waals surface area contributed by atoms with Crippen LogP contribution in [0.3, 0.4) is 0 Å². The van der Waals surface area contributed by atoms with Crippen LogP contribution in [-0.4, -0.2) is 32.0 Å². The van der Waals surface area contributed by atoms with Crippen molar-refractivity contribution in [3.8, 4) is 0 Å². The summed E-state index contributed by atoms with van der Waals surface area (Å²) in [5.41, 5.74) is -0.506. The van der Waals surface area contributed by atoms with Gasteiger partial charge in [-0.25, -0.2) is 13.1 Å². The molecule has 0 aliphatic rings. The number of hydrogen-bond acceptors (Lipinski definition) is 4. The SMILES string of the molecule is CSCC(C)CNS(=O)(=O)c1c[nH]ccc1=O. The first-order valence-electron chi connectivity index (χ1n) is 5.13. The molecule has 1 rings (SSSR count). The zero-order valence-corrected chi connectivity index (χ0v) is 11.4. The standard InChI is InChI=1S/C10H16N2O3S2/c1-8(7-16-2)5-12-17(14,15)10-6-11-4-3-9(10)13/h3-4,6,8,12H,5,7H2,1-2H3,(H,11,13). The molecule has 7 heteroatoms. The highest BCUT2D eigenvalue weighted by Gasteiger charge is 2.17. The molecule has 0 saturated carbocycles. The molecule has 0 spiro atoms. The molecule has 2 N–H and O–H groups in total. The summed E-state index contributed by atoms with van der Waals surface area (Å²) in [4.78, 5) is 13.8. The van der Waals surface area contributed by atoms with Gasteiger partial charge < -0.3 is 4.98 Å². The molecular formula is C10H16N2O3S2. The number of pyridine rings is 1. The molecule has 0 bridgehead atoms. The van der Waals surface area contributed by atoms with Gasteiger partial charge >= 0.3 is 0 Å². The van der Waals surface area contributed by atoms with Crippen LogP contribution < -0.4 is 10.2 Å². The van der Waals surface area contributed by atoms with Crippen molar-refractivity contribution in [2.45, 2.75) is 11.8 Å². The molecule has 0 aliphatic heterocycles. The van der Waals surface area contributed by atoms with E-state index >= 15 is 0 Å². The molecule has 1 heterocycles. The average Bonchev–Trinajstić information content (AvgIpc) is 2.27.